The number of nitrogens with one attached hydrogen (secondary N) is 2. The van der Waals surface area contributed by atoms with Crippen molar-refractivity contribution in [3.05, 3.63) is 35.9 Å². The molecule has 0 fully saturated rings. The van der Waals surface area contributed by atoms with E-state index in [-0.39, 0.29) is 5.91 Å². The van der Waals surface area contributed by atoms with E-state index in [0.717, 1.165) is 25.1 Å². The van der Waals surface area contributed by atoms with E-state index in [1.165, 1.54) is 0 Å². The molecule has 0 saturated carbocycles. The van der Waals surface area contributed by atoms with Crippen molar-refractivity contribution >= 4 is 5.91 Å². The summed E-state index contributed by atoms with van der Waals surface area (Å²) < 4.78 is 4.91. The molecule has 0 aliphatic carbocycles. The van der Waals surface area contributed by atoms with E-state index in [9.17, 15) is 4.79 Å². The first-order chi connectivity index (χ1) is 8.33. The average Bonchev–Trinajstić information content (AvgIpc) is 2.37. The summed E-state index contributed by atoms with van der Waals surface area (Å²) in [7, 11) is 1.67. The molecule has 94 valence electrons. The second-order valence-electron chi connectivity index (χ2n) is 3.79. The second kappa shape index (κ2) is 8.73. The van der Waals surface area contributed by atoms with Gasteiger partial charge in [-0.15, -0.1) is 0 Å². The summed E-state index contributed by atoms with van der Waals surface area (Å²) in [6.07, 6.45) is 0.919. The lowest BCUT2D eigenvalue weighted by atomic mass is 10.2. The van der Waals surface area contributed by atoms with Crippen LogP contribution in [0.2, 0.25) is 0 Å². The van der Waals surface area contributed by atoms with Crippen molar-refractivity contribution in [2.24, 2.45) is 0 Å². The molecule has 4 nitrogen and oxygen atoms in total. The molecule has 0 aliphatic rings. The third-order valence-electron chi connectivity index (χ3n) is 2.32. The molecule has 1 aromatic rings. The van der Waals surface area contributed by atoms with Crippen LogP contribution in [-0.2, 0) is 16.1 Å². The number of amides is 1. The van der Waals surface area contributed by atoms with Crippen LogP contribution in [0.4, 0.5) is 0 Å². The van der Waals surface area contributed by atoms with Gasteiger partial charge >= 0.3 is 0 Å². The van der Waals surface area contributed by atoms with Gasteiger partial charge in [-0.2, -0.15) is 0 Å². The molecule has 0 heterocycles. The Balaban J connectivity index is 2.05. The minimum absolute atomic E-state index is 0.0197. The molecule has 0 aromatic heterocycles. The maximum absolute atomic E-state index is 11.4. The number of carbonyl (C=O) groups is 1. The monoisotopic (exact) mass is 236 g/mol. The molecule has 0 saturated heterocycles. The van der Waals surface area contributed by atoms with E-state index in [1.807, 2.05) is 30.3 Å². The molecular formula is C13H20N2O2. The fourth-order valence-electron chi connectivity index (χ4n) is 1.40. The molecule has 0 unspecified atom stereocenters. The molecule has 1 aromatic carbocycles. The van der Waals surface area contributed by atoms with E-state index >= 15 is 0 Å². The van der Waals surface area contributed by atoms with Gasteiger partial charge in [-0.3, -0.25) is 4.79 Å². The van der Waals surface area contributed by atoms with E-state index in [4.69, 9.17) is 4.74 Å². The highest BCUT2D eigenvalue weighted by Crippen LogP contribution is 1.96. The number of hydrogen-bond donors (Lipinski definition) is 2. The topological polar surface area (TPSA) is 50.4 Å². The fraction of sp³-hybridized carbons (Fsp3) is 0.462. The second-order valence-corrected chi connectivity index (χ2v) is 3.79. The van der Waals surface area contributed by atoms with Crippen LogP contribution in [0.1, 0.15) is 12.0 Å². The van der Waals surface area contributed by atoms with Crippen molar-refractivity contribution in [2.45, 2.75) is 13.0 Å². The first kappa shape index (κ1) is 13.7. The Morgan fingerprint density at radius 3 is 2.76 bits per heavy atom. The smallest absolute Gasteiger partial charge is 0.234 e. The molecule has 17 heavy (non-hydrogen) atoms. The first-order valence-electron chi connectivity index (χ1n) is 5.83. The zero-order chi connectivity index (χ0) is 12.3. The zero-order valence-corrected chi connectivity index (χ0v) is 10.2. The Morgan fingerprint density at radius 2 is 2.06 bits per heavy atom. The van der Waals surface area contributed by atoms with Crippen molar-refractivity contribution in [1.29, 1.82) is 0 Å². The maximum atomic E-state index is 11.4. The van der Waals surface area contributed by atoms with Crippen LogP contribution >= 0.6 is 0 Å². The van der Waals surface area contributed by atoms with Gasteiger partial charge in [0, 0.05) is 20.3 Å². The maximum Gasteiger partial charge on any atom is 0.234 e. The van der Waals surface area contributed by atoms with Gasteiger partial charge in [-0.1, -0.05) is 30.3 Å². The van der Waals surface area contributed by atoms with Crippen LogP contribution < -0.4 is 10.6 Å². The van der Waals surface area contributed by atoms with Crippen molar-refractivity contribution in [2.75, 3.05) is 26.8 Å². The van der Waals surface area contributed by atoms with E-state index in [1.54, 1.807) is 7.11 Å². The summed E-state index contributed by atoms with van der Waals surface area (Å²) in [5.41, 5.74) is 1.11. The molecule has 2 N–H and O–H groups in total. The lowest BCUT2D eigenvalue weighted by molar-refractivity contribution is -0.120. The fourth-order valence-corrected chi connectivity index (χ4v) is 1.40. The van der Waals surface area contributed by atoms with E-state index in [2.05, 4.69) is 10.6 Å². The van der Waals surface area contributed by atoms with Crippen LogP contribution in [0.5, 0.6) is 0 Å². The highest BCUT2D eigenvalue weighted by molar-refractivity contribution is 5.77. The minimum atomic E-state index is 0.0197. The SMILES string of the molecule is COCCCNCC(=O)NCc1ccccc1. The lowest BCUT2D eigenvalue weighted by Gasteiger charge is -2.06. The van der Waals surface area contributed by atoms with Gasteiger partial charge in [0.1, 0.15) is 0 Å². The van der Waals surface area contributed by atoms with Crippen LogP contribution in [0.3, 0.4) is 0 Å². The van der Waals surface area contributed by atoms with Gasteiger partial charge in [-0.25, -0.2) is 0 Å². The Hall–Kier alpha value is -1.39. The largest absolute Gasteiger partial charge is 0.385 e. The Morgan fingerprint density at radius 1 is 1.29 bits per heavy atom. The molecular weight excluding hydrogens is 216 g/mol. The summed E-state index contributed by atoms with van der Waals surface area (Å²) in [5.74, 6) is 0.0197. The van der Waals surface area contributed by atoms with E-state index < -0.39 is 0 Å². The van der Waals surface area contributed by atoms with Crippen LogP contribution in [-0.4, -0.2) is 32.7 Å². The van der Waals surface area contributed by atoms with Gasteiger partial charge in [0.2, 0.25) is 5.91 Å². The van der Waals surface area contributed by atoms with Gasteiger partial charge in [0.25, 0.3) is 0 Å². The highest BCUT2D eigenvalue weighted by atomic mass is 16.5. The number of benzene rings is 1. The first-order valence-corrected chi connectivity index (χ1v) is 5.83. The standard InChI is InChI=1S/C13H20N2O2/c1-17-9-5-8-14-11-13(16)15-10-12-6-3-2-4-7-12/h2-4,6-7,14H,5,8-11H2,1H3,(H,15,16). The summed E-state index contributed by atoms with van der Waals surface area (Å²) >= 11 is 0. The quantitative estimate of drug-likeness (QED) is 0.660. The predicted octanol–water partition coefficient (Wildman–Crippen LogP) is 0.929. The van der Waals surface area contributed by atoms with E-state index in [0.29, 0.717) is 13.1 Å². The van der Waals surface area contributed by atoms with Crippen LogP contribution in [0.25, 0.3) is 0 Å². The molecule has 0 atom stereocenters. The van der Waals surface area contributed by atoms with Gasteiger partial charge in [0.05, 0.1) is 6.54 Å². The third-order valence-corrected chi connectivity index (χ3v) is 2.32. The van der Waals surface area contributed by atoms with Gasteiger partial charge in [-0.05, 0) is 18.5 Å². The predicted molar refractivity (Wildman–Crippen MR) is 67.7 cm³/mol. The van der Waals surface area contributed by atoms with Gasteiger partial charge in [0.15, 0.2) is 0 Å². The molecule has 1 amide bonds. The number of rotatable bonds is 8. The Kier molecular flexibility index (Phi) is 7.02. The third kappa shape index (κ3) is 6.71. The normalized spacial score (nSPS) is 10.2. The molecule has 4 heteroatoms. The molecule has 0 aliphatic heterocycles. The summed E-state index contributed by atoms with van der Waals surface area (Å²) in [6, 6.07) is 9.87. The molecule has 0 bridgehead atoms. The number of ether oxygens (including phenoxy) is 1. The van der Waals surface area contributed by atoms with Crippen molar-refractivity contribution < 1.29 is 9.53 Å². The van der Waals surface area contributed by atoms with Crippen molar-refractivity contribution in [3.8, 4) is 0 Å². The number of methoxy groups -OCH3 is 1. The molecule has 0 radical (unpaired) electrons. The van der Waals surface area contributed by atoms with Crippen molar-refractivity contribution in [1.82, 2.24) is 10.6 Å². The van der Waals surface area contributed by atoms with Crippen LogP contribution in [0, 0.1) is 0 Å². The summed E-state index contributed by atoms with van der Waals surface area (Å²) in [6.45, 7) is 2.46. The Labute approximate surface area is 102 Å². The minimum Gasteiger partial charge on any atom is -0.385 e. The summed E-state index contributed by atoms with van der Waals surface area (Å²) in [5, 5.41) is 5.92. The number of carbonyl (C=O) groups excluding carboxylic acids is 1. The Bertz CT molecular complexity index is 314. The average molecular weight is 236 g/mol. The zero-order valence-electron chi connectivity index (χ0n) is 10.2. The highest BCUT2D eigenvalue weighted by Gasteiger charge is 1.99. The van der Waals surface area contributed by atoms with Crippen molar-refractivity contribution in [3.63, 3.8) is 0 Å². The molecule has 0 spiro atoms. The lowest BCUT2D eigenvalue weighted by Crippen LogP contribution is -2.34. The van der Waals surface area contributed by atoms with Gasteiger partial charge < -0.3 is 15.4 Å². The number of hydrogen-bond acceptors (Lipinski definition) is 3. The molecule has 1 rings (SSSR count). The summed E-state index contributed by atoms with van der Waals surface area (Å²) in [4.78, 5) is 11.4. The van der Waals surface area contributed by atoms with Crippen LogP contribution in [0.15, 0.2) is 30.3 Å².